The molecule has 0 aromatic heterocycles. The average molecular weight is 453 g/mol. The second-order valence-electron chi connectivity index (χ2n) is 9.20. The van der Waals surface area contributed by atoms with Crippen molar-refractivity contribution in [1.82, 2.24) is 13.9 Å². The topological polar surface area (TPSA) is 47.6 Å². The van der Waals surface area contributed by atoms with Gasteiger partial charge in [-0.2, -0.15) is 0 Å². The van der Waals surface area contributed by atoms with E-state index in [1.54, 1.807) is 0 Å². The van der Waals surface area contributed by atoms with Crippen molar-refractivity contribution in [3.8, 4) is 0 Å². The number of fused-ring (bicyclic) bond motifs is 2. The van der Waals surface area contributed by atoms with Gasteiger partial charge in [0.15, 0.2) is 0 Å². The van der Waals surface area contributed by atoms with Gasteiger partial charge in [0.25, 0.3) is 0 Å². The van der Waals surface area contributed by atoms with Crippen LogP contribution in [-0.4, -0.2) is 49.0 Å². The molecule has 0 aliphatic heterocycles. The number of hydrogen-bond donors (Lipinski definition) is 2. The molecule has 2 amide bonds. The molecule has 0 radical (unpaired) electrons. The summed E-state index contributed by atoms with van der Waals surface area (Å²) in [5.41, 5.74) is 8.11. The molecule has 2 aliphatic carbocycles. The van der Waals surface area contributed by atoms with Crippen molar-refractivity contribution in [3.05, 3.63) is 64.2 Å². The van der Waals surface area contributed by atoms with Crippen LogP contribution >= 0.6 is 12.1 Å². The minimum absolute atomic E-state index is 0.109. The highest BCUT2D eigenvalue weighted by molar-refractivity contribution is 7.95. The van der Waals surface area contributed by atoms with Crippen LogP contribution in [-0.2, 0) is 32.1 Å². The zero-order valence-electron chi connectivity index (χ0n) is 19.5. The summed E-state index contributed by atoms with van der Waals surface area (Å²) in [6.07, 6.45) is 8.97. The largest absolute Gasteiger partial charge is 0.330 e. The summed E-state index contributed by atoms with van der Waals surface area (Å²) in [4.78, 5) is 15.1. The third-order valence-electron chi connectivity index (χ3n) is 6.49. The van der Waals surface area contributed by atoms with E-state index in [0.717, 1.165) is 63.8 Å². The molecule has 0 fully saturated rings. The predicted molar refractivity (Wildman–Crippen MR) is 135 cm³/mol. The molecule has 172 valence electrons. The summed E-state index contributed by atoms with van der Waals surface area (Å²) in [6.45, 7) is 2.80. The molecule has 2 aliphatic rings. The van der Waals surface area contributed by atoms with Crippen LogP contribution in [0.4, 0.5) is 10.5 Å². The molecular formula is C26H36N4OS. The van der Waals surface area contributed by atoms with E-state index >= 15 is 0 Å². The first-order valence-electron chi connectivity index (χ1n) is 11.9. The van der Waals surface area contributed by atoms with Gasteiger partial charge in [0.1, 0.15) is 0 Å². The van der Waals surface area contributed by atoms with Crippen molar-refractivity contribution >= 4 is 23.9 Å². The number of rotatable bonds is 10. The Morgan fingerprint density at radius 1 is 0.938 bits per heavy atom. The van der Waals surface area contributed by atoms with Gasteiger partial charge in [-0.3, -0.25) is 4.72 Å². The number of benzene rings is 2. The van der Waals surface area contributed by atoms with Crippen LogP contribution in [0.2, 0.25) is 0 Å². The SMILES string of the molecule is CN(C)CCN(CCCc1ccccc1)SNC(=O)Nc1c2c(cc3c1CCC3)CCC2. The van der Waals surface area contributed by atoms with Crippen molar-refractivity contribution in [2.24, 2.45) is 0 Å². The van der Waals surface area contributed by atoms with Gasteiger partial charge in [-0.05, 0) is 93.3 Å². The van der Waals surface area contributed by atoms with Crippen LogP contribution in [0.15, 0.2) is 36.4 Å². The number of aryl methyl sites for hydroxylation is 3. The van der Waals surface area contributed by atoms with Gasteiger partial charge >= 0.3 is 6.03 Å². The number of nitrogens with one attached hydrogen (secondary N) is 2. The molecule has 2 aromatic carbocycles. The monoisotopic (exact) mass is 452 g/mol. The zero-order chi connectivity index (χ0) is 22.3. The van der Waals surface area contributed by atoms with Crippen LogP contribution < -0.4 is 10.0 Å². The lowest BCUT2D eigenvalue weighted by molar-refractivity contribution is 0.256. The third-order valence-corrected chi connectivity index (χ3v) is 7.39. The number of carbonyl (C=O) groups is 1. The van der Waals surface area contributed by atoms with E-state index in [1.807, 2.05) is 0 Å². The molecule has 2 aromatic rings. The summed E-state index contributed by atoms with van der Waals surface area (Å²) in [5.74, 6) is 0. The summed E-state index contributed by atoms with van der Waals surface area (Å²) in [6, 6.07) is 12.9. The van der Waals surface area contributed by atoms with Gasteiger partial charge in [0.2, 0.25) is 0 Å². The maximum Gasteiger partial charge on any atom is 0.330 e. The number of anilines is 1. The summed E-state index contributed by atoms with van der Waals surface area (Å²) < 4.78 is 5.33. The van der Waals surface area contributed by atoms with Gasteiger partial charge in [0.05, 0.1) is 0 Å². The fourth-order valence-corrected chi connectivity index (χ4v) is 5.49. The molecule has 0 atom stereocenters. The molecule has 0 bridgehead atoms. The van der Waals surface area contributed by atoms with Gasteiger partial charge in [-0.15, -0.1) is 0 Å². The molecule has 0 spiro atoms. The highest BCUT2D eigenvalue weighted by Crippen LogP contribution is 2.38. The third kappa shape index (κ3) is 6.06. The Balaban J connectivity index is 1.33. The van der Waals surface area contributed by atoms with Crippen molar-refractivity contribution < 1.29 is 4.79 Å². The van der Waals surface area contributed by atoms with Crippen LogP contribution in [0, 0.1) is 0 Å². The second kappa shape index (κ2) is 11.2. The second-order valence-corrected chi connectivity index (χ2v) is 10.1. The number of carbonyl (C=O) groups excluding carboxylic acids is 1. The van der Waals surface area contributed by atoms with E-state index in [-0.39, 0.29) is 6.03 Å². The average Bonchev–Trinajstić information content (AvgIpc) is 3.45. The van der Waals surface area contributed by atoms with Crippen molar-refractivity contribution in [1.29, 1.82) is 0 Å². The Bertz CT molecular complexity index is 884. The summed E-state index contributed by atoms with van der Waals surface area (Å²) >= 11 is 1.44. The van der Waals surface area contributed by atoms with Crippen LogP contribution in [0.1, 0.15) is 47.1 Å². The Morgan fingerprint density at radius 3 is 2.28 bits per heavy atom. The summed E-state index contributed by atoms with van der Waals surface area (Å²) in [7, 11) is 4.17. The van der Waals surface area contributed by atoms with Crippen molar-refractivity contribution in [2.75, 3.05) is 39.0 Å². The molecular weight excluding hydrogens is 416 g/mol. The van der Waals surface area contributed by atoms with Crippen molar-refractivity contribution in [2.45, 2.75) is 51.4 Å². The van der Waals surface area contributed by atoms with Gasteiger partial charge < -0.3 is 10.2 Å². The van der Waals surface area contributed by atoms with Crippen LogP contribution in [0.25, 0.3) is 0 Å². The van der Waals surface area contributed by atoms with E-state index < -0.39 is 0 Å². The maximum atomic E-state index is 12.9. The molecule has 0 heterocycles. The van der Waals surface area contributed by atoms with Crippen LogP contribution in [0.3, 0.4) is 0 Å². The Hall–Kier alpha value is -2.02. The first-order valence-corrected chi connectivity index (χ1v) is 12.7. The van der Waals surface area contributed by atoms with E-state index in [0.29, 0.717) is 0 Å². The zero-order valence-corrected chi connectivity index (χ0v) is 20.3. The molecule has 0 unspecified atom stereocenters. The van der Waals surface area contributed by atoms with Crippen molar-refractivity contribution in [3.63, 3.8) is 0 Å². The van der Waals surface area contributed by atoms with Gasteiger partial charge in [-0.25, -0.2) is 9.10 Å². The number of urea groups is 1. The van der Waals surface area contributed by atoms with E-state index in [4.69, 9.17) is 0 Å². The number of hydrogen-bond acceptors (Lipinski definition) is 4. The Kier molecular flexibility index (Phi) is 8.11. The molecule has 5 nitrogen and oxygen atoms in total. The first-order chi connectivity index (χ1) is 15.6. The lowest BCUT2D eigenvalue weighted by Gasteiger charge is -2.23. The standard InChI is InChI=1S/C26H36N4OS/c1-29(2)17-18-30(16-8-11-20-9-4-3-5-10-20)32-28-26(31)27-25-23-14-6-12-21(23)19-22-13-7-15-24(22)25/h3-5,9-10,19H,6-8,11-18H2,1-2H3,(H2,27,28,31). The number of likely N-dealkylation sites (N-methyl/N-ethyl adjacent to an activating group) is 1. The van der Waals surface area contributed by atoms with Gasteiger partial charge in [0, 0.05) is 37.5 Å². The highest BCUT2D eigenvalue weighted by atomic mass is 32.2. The first kappa shape index (κ1) is 23.1. The highest BCUT2D eigenvalue weighted by Gasteiger charge is 2.25. The van der Waals surface area contributed by atoms with E-state index in [2.05, 4.69) is 69.7 Å². The fraction of sp³-hybridized carbons (Fsp3) is 0.500. The number of nitrogens with zero attached hydrogens (tertiary/aromatic N) is 2. The smallest absolute Gasteiger partial charge is 0.308 e. The predicted octanol–water partition coefficient (Wildman–Crippen LogP) is 4.85. The molecule has 0 saturated carbocycles. The maximum absolute atomic E-state index is 12.9. The van der Waals surface area contributed by atoms with E-state index in [9.17, 15) is 4.79 Å². The molecule has 6 heteroatoms. The minimum atomic E-state index is -0.109. The van der Waals surface area contributed by atoms with E-state index in [1.165, 1.54) is 52.8 Å². The number of amides is 2. The molecule has 32 heavy (non-hydrogen) atoms. The molecule has 2 N–H and O–H groups in total. The quantitative estimate of drug-likeness (QED) is 0.506. The van der Waals surface area contributed by atoms with Gasteiger partial charge in [-0.1, -0.05) is 36.4 Å². The Morgan fingerprint density at radius 2 is 1.62 bits per heavy atom. The Labute approximate surface area is 197 Å². The summed E-state index contributed by atoms with van der Waals surface area (Å²) in [5, 5.41) is 3.24. The molecule has 4 rings (SSSR count). The lowest BCUT2D eigenvalue weighted by atomic mass is 9.99. The van der Waals surface area contributed by atoms with Crippen LogP contribution in [0.5, 0.6) is 0 Å². The molecule has 0 saturated heterocycles. The lowest BCUT2D eigenvalue weighted by Crippen LogP contribution is -2.33. The fourth-order valence-electron chi connectivity index (χ4n) is 4.83. The normalized spacial score (nSPS) is 14.6. The minimum Gasteiger partial charge on any atom is -0.308 e.